The molecule has 0 radical (unpaired) electrons. The summed E-state index contributed by atoms with van der Waals surface area (Å²) in [6.07, 6.45) is 2.30. The molecule has 1 aromatic carbocycles. The van der Waals surface area contributed by atoms with Crippen LogP contribution in [0.15, 0.2) is 52.2 Å². The van der Waals surface area contributed by atoms with Gasteiger partial charge in [-0.25, -0.2) is 14.2 Å². The van der Waals surface area contributed by atoms with Crippen LogP contribution in [-0.2, 0) is 13.1 Å². The molecule has 118 valence electrons. The van der Waals surface area contributed by atoms with Crippen LogP contribution in [0.5, 0.6) is 0 Å². The molecule has 3 rings (SSSR count). The summed E-state index contributed by atoms with van der Waals surface area (Å²) in [6.45, 7) is 2.56. The van der Waals surface area contributed by atoms with E-state index in [1.165, 1.54) is 18.3 Å². The van der Waals surface area contributed by atoms with Crippen LogP contribution in [0, 0.1) is 5.82 Å². The number of hydrogen-bond donors (Lipinski definition) is 0. The van der Waals surface area contributed by atoms with Gasteiger partial charge in [-0.1, -0.05) is 19.1 Å². The molecule has 0 saturated carbocycles. The van der Waals surface area contributed by atoms with E-state index in [1.54, 1.807) is 28.8 Å². The Morgan fingerprint density at radius 1 is 1.09 bits per heavy atom. The van der Waals surface area contributed by atoms with Crippen LogP contribution < -0.4 is 11.2 Å². The fraction of sp³-hybridized carbons (Fsp3) is 0.235. The Balaban J connectivity index is 2.22. The summed E-state index contributed by atoms with van der Waals surface area (Å²) in [6, 6.07) is 9.18. The highest BCUT2D eigenvalue weighted by Gasteiger charge is 2.13. The fourth-order valence-corrected chi connectivity index (χ4v) is 2.59. The van der Waals surface area contributed by atoms with E-state index in [4.69, 9.17) is 0 Å². The molecule has 0 bridgehead atoms. The van der Waals surface area contributed by atoms with Gasteiger partial charge < -0.3 is 0 Å². The van der Waals surface area contributed by atoms with Crippen molar-refractivity contribution in [2.24, 2.45) is 0 Å². The first-order valence-electron chi connectivity index (χ1n) is 7.44. The Morgan fingerprint density at radius 3 is 2.52 bits per heavy atom. The van der Waals surface area contributed by atoms with Crippen molar-refractivity contribution in [3.63, 3.8) is 0 Å². The summed E-state index contributed by atoms with van der Waals surface area (Å²) in [5, 5.41) is 0. The molecular weight excluding hydrogens is 297 g/mol. The van der Waals surface area contributed by atoms with Gasteiger partial charge in [-0.2, -0.15) is 0 Å². The van der Waals surface area contributed by atoms with Gasteiger partial charge in [0, 0.05) is 12.7 Å². The Labute approximate surface area is 131 Å². The van der Waals surface area contributed by atoms with E-state index in [0.29, 0.717) is 17.6 Å². The Kier molecular flexibility index (Phi) is 4.06. The van der Waals surface area contributed by atoms with Crippen molar-refractivity contribution in [1.29, 1.82) is 0 Å². The largest absolute Gasteiger partial charge is 0.331 e. The highest BCUT2D eigenvalue weighted by Crippen LogP contribution is 2.07. The number of aromatic nitrogens is 3. The lowest BCUT2D eigenvalue weighted by atomic mass is 10.2. The average molecular weight is 313 g/mol. The van der Waals surface area contributed by atoms with Gasteiger partial charge in [0.25, 0.3) is 5.56 Å². The van der Waals surface area contributed by atoms with Crippen LogP contribution in [0.3, 0.4) is 0 Å². The van der Waals surface area contributed by atoms with Gasteiger partial charge in [-0.3, -0.25) is 13.9 Å². The molecule has 6 heteroatoms. The maximum Gasteiger partial charge on any atom is 0.331 e. The van der Waals surface area contributed by atoms with E-state index in [0.717, 1.165) is 11.0 Å². The summed E-state index contributed by atoms with van der Waals surface area (Å²) >= 11 is 0. The minimum atomic E-state index is -0.428. The third-order valence-corrected chi connectivity index (χ3v) is 3.69. The normalized spacial score (nSPS) is 11.0. The molecule has 0 aliphatic carbocycles. The first-order chi connectivity index (χ1) is 11.1. The SMILES string of the molecule is CCCn1c(=O)n(Cc2ccc(F)cc2)c(=O)c2ncccc21. The number of halogens is 1. The number of fused-ring (bicyclic) bond motifs is 1. The van der Waals surface area contributed by atoms with Crippen molar-refractivity contribution < 1.29 is 4.39 Å². The number of pyridine rings is 1. The molecule has 0 atom stereocenters. The minimum Gasteiger partial charge on any atom is -0.292 e. The van der Waals surface area contributed by atoms with Gasteiger partial charge in [-0.05, 0) is 36.2 Å². The molecule has 0 saturated heterocycles. The van der Waals surface area contributed by atoms with Gasteiger partial charge in [0.05, 0.1) is 12.1 Å². The second kappa shape index (κ2) is 6.16. The van der Waals surface area contributed by atoms with E-state index in [2.05, 4.69) is 4.98 Å². The van der Waals surface area contributed by atoms with Crippen molar-refractivity contribution in [1.82, 2.24) is 14.1 Å². The monoisotopic (exact) mass is 313 g/mol. The third-order valence-electron chi connectivity index (χ3n) is 3.69. The molecule has 3 aromatic rings. The molecule has 0 amide bonds. The van der Waals surface area contributed by atoms with E-state index in [-0.39, 0.29) is 23.6 Å². The van der Waals surface area contributed by atoms with Crippen LogP contribution >= 0.6 is 0 Å². The maximum atomic E-state index is 13.0. The molecular formula is C17H16FN3O2. The smallest absolute Gasteiger partial charge is 0.292 e. The Morgan fingerprint density at radius 2 is 1.83 bits per heavy atom. The number of hydrogen-bond acceptors (Lipinski definition) is 3. The number of nitrogens with zero attached hydrogens (tertiary/aromatic N) is 3. The van der Waals surface area contributed by atoms with Crippen LogP contribution in [0.2, 0.25) is 0 Å². The Bertz CT molecular complexity index is 958. The standard InChI is InChI=1S/C17H16FN3O2/c1-2-10-20-14-4-3-9-19-15(14)16(22)21(17(20)23)11-12-5-7-13(18)8-6-12/h3-9H,2,10-11H2,1H3. The first kappa shape index (κ1) is 15.1. The van der Waals surface area contributed by atoms with Crippen molar-refractivity contribution in [2.75, 3.05) is 0 Å². The lowest BCUT2D eigenvalue weighted by Crippen LogP contribution is -2.40. The zero-order valence-corrected chi connectivity index (χ0v) is 12.7. The van der Waals surface area contributed by atoms with Crippen LogP contribution in [0.4, 0.5) is 4.39 Å². The summed E-state index contributed by atoms with van der Waals surface area (Å²) in [4.78, 5) is 29.4. The Hall–Kier alpha value is -2.76. The van der Waals surface area contributed by atoms with Gasteiger partial charge in [0.1, 0.15) is 5.82 Å². The van der Waals surface area contributed by atoms with E-state index >= 15 is 0 Å². The fourth-order valence-electron chi connectivity index (χ4n) is 2.59. The molecule has 0 unspecified atom stereocenters. The highest BCUT2D eigenvalue weighted by molar-refractivity contribution is 5.73. The summed E-state index contributed by atoms with van der Waals surface area (Å²) in [7, 11) is 0. The third kappa shape index (κ3) is 2.79. The summed E-state index contributed by atoms with van der Waals surface area (Å²) < 4.78 is 15.7. The summed E-state index contributed by atoms with van der Waals surface area (Å²) in [5.41, 5.74) is 0.690. The van der Waals surface area contributed by atoms with Gasteiger partial charge in [0.2, 0.25) is 0 Å². The maximum absolute atomic E-state index is 13.0. The molecule has 0 spiro atoms. The van der Waals surface area contributed by atoms with Crippen LogP contribution in [-0.4, -0.2) is 14.1 Å². The van der Waals surface area contributed by atoms with Crippen molar-refractivity contribution in [3.8, 4) is 0 Å². The second-order valence-corrected chi connectivity index (χ2v) is 5.32. The molecule has 0 aliphatic heterocycles. The van der Waals surface area contributed by atoms with Crippen molar-refractivity contribution in [2.45, 2.75) is 26.4 Å². The van der Waals surface area contributed by atoms with E-state index < -0.39 is 5.56 Å². The molecule has 5 nitrogen and oxygen atoms in total. The molecule has 2 heterocycles. The molecule has 0 aliphatic rings. The highest BCUT2D eigenvalue weighted by atomic mass is 19.1. The number of rotatable bonds is 4. The second-order valence-electron chi connectivity index (χ2n) is 5.32. The van der Waals surface area contributed by atoms with Gasteiger partial charge in [-0.15, -0.1) is 0 Å². The molecule has 2 aromatic heterocycles. The quantitative estimate of drug-likeness (QED) is 0.741. The average Bonchev–Trinajstić information content (AvgIpc) is 2.57. The predicted octanol–water partition coefficient (Wildman–Crippen LogP) is 2.16. The first-order valence-corrected chi connectivity index (χ1v) is 7.44. The zero-order valence-electron chi connectivity index (χ0n) is 12.7. The number of aryl methyl sites for hydroxylation is 1. The number of benzene rings is 1. The molecule has 0 N–H and O–H groups in total. The topological polar surface area (TPSA) is 56.9 Å². The van der Waals surface area contributed by atoms with E-state index in [1.807, 2.05) is 6.92 Å². The molecule has 0 fully saturated rings. The van der Waals surface area contributed by atoms with Crippen molar-refractivity contribution in [3.05, 3.63) is 74.8 Å². The lowest BCUT2D eigenvalue weighted by Gasteiger charge is -2.13. The van der Waals surface area contributed by atoms with Gasteiger partial charge in [0.15, 0.2) is 5.52 Å². The molecule has 23 heavy (non-hydrogen) atoms. The van der Waals surface area contributed by atoms with Gasteiger partial charge >= 0.3 is 5.69 Å². The van der Waals surface area contributed by atoms with Crippen molar-refractivity contribution >= 4 is 11.0 Å². The lowest BCUT2D eigenvalue weighted by molar-refractivity contribution is 0.590. The predicted molar refractivity (Wildman–Crippen MR) is 86.1 cm³/mol. The van der Waals surface area contributed by atoms with Crippen LogP contribution in [0.1, 0.15) is 18.9 Å². The summed E-state index contributed by atoms with van der Waals surface area (Å²) in [5.74, 6) is -0.357. The zero-order chi connectivity index (χ0) is 16.4. The minimum absolute atomic E-state index is 0.0914. The van der Waals surface area contributed by atoms with E-state index in [9.17, 15) is 14.0 Å². The van der Waals surface area contributed by atoms with Crippen LogP contribution in [0.25, 0.3) is 11.0 Å².